The average molecular weight is 356 g/mol. The second-order valence-electron chi connectivity index (χ2n) is 6.70. The standard InChI is InChI=1S/C16H18F2N2O5/c17-14(18)25-10-2-12-11(23-7-24-12)1-8(10)6-19-15(22)20-13-5-16(13)3-9(21)4-16/h1-2,9,13-14,21H,3-7H2,(H2,19,20,22). The van der Waals surface area contributed by atoms with E-state index in [0.29, 0.717) is 29.9 Å². The van der Waals surface area contributed by atoms with Gasteiger partial charge in [0.15, 0.2) is 11.5 Å². The molecule has 2 aliphatic carbocycles. The highest BCUT2D eigenvalue weighted by Gasteiger charge is 2.61. The number of rotatable bonds is 5. The molecule has 4 rings (SSSR count). The van der Waals surface area contributed by atoms with E-state index in [-0.39, 0.29) is 42.7 Å². The number of halogens is 2. The molecule has 0 saturated heterocycles. The van der Waals surface area contributed by atoms with Crippen LogP contribution < -0.4 is 24.8 Å². The van der Waals surface area contributed by atoms with E-state index in [2.05, 4.69) is 15.4 Å². The van der Waals surface area contributed by atoms with Crippen LogP contribution in [-0.4, -0.2) is 36.7 Å². The molecule has 0 aromatic heterocycles. The van der Waals surface area contributed by atoms with Crippen LogP contribution in [0.15, 0.2) is 12.1 Å². The van der Waals surface area contributed by atoms with Gasteiger partial charge in [-0.05, 0) is 30.7 Å². The summed E-state index contributed by atoms with van der Waals surface area (Å²) in [6, 6.07) is 2.52. The van der Waals surface area contributed by atoms with Gasteiger partial charge in [-0.15, -0.1) is 0 Å². The van der Waals surface area contributed by atoms with Crippen LogP contribution in [0.3, 0.4) is 0 Å². The molecule has 2 saturated carbocycles. The first kappa shape index (κ1) is 16.2. The number of aliphatic hydroxyl groups excluding tert-OH is 1. The summed E-state index contributed by atoms with van der Waals surface area (Å²) in [5.74, 6) is 0.681. The number of hydrogen-bond donors (Lipinski definition) is 3. The molecule has 0 bridgehead atoms. The molecule has 7 nitrogen and oxygen atoms in total. The molecule has 9 heteroatoms. The third kappa shape index (κ3) is 3.15. The molecular weight excluding hydrogens is 338 g/mol. The van der Waals surface area contributed by atoms with Crippen LogP contribution in [0.2, 0.25) is 0 Å². The number of aliphatic hydroxyl groups is 1. The Bertz CT molecular complexity index is 693. The summed E-state index contributed by atoms with van der Waals surface area (Å²) in [5.41, 5.74) is 0.420. The number of nitrogens with one attached hydrogen (secondary N) is 2. The molecular formula is C16H18F2N2O5. The Balaban J connectivity index is 1.36. The van der Waals surface area contributed by atoms with Crippen LogP contribution in [0.25, 0.3) is 0 Å². The van der Waals surface area contributed by atoms with Gasteiger partial charge in [0.25, 0.3) is 0 Å². The zero-order valence-electron chi connectivity index (χ0n) is 13.3. The summed E-state index contributed by atoms with van der Waals surface area (Å²) in [4.78, 5) is 12.0. The quantitative estimate of drug-likeness (QED) is 0.748. The number of hydrogen-bond acceptors (Lipinski definition) is 5. The van der Waals surface area contributed by atoms with Gasteiger partial charge in [0.05, 0.1) is 6.10 Å². The van der Waals surface area contributed by atoms with Gasteiger partial charge >= 0.3 is 12.6 Å². The minimum Gasteiger partial charge on any atom is -0.454 e. The van der Waals surface area contributed by atoms with E-state index in [1.165, 1.54) is 12.1 Å². The van der Waals surface area contributed by atoms with Crippen molar-refractivity contribution >= 4 is 6.03 Å². The van der Waals surface area contributed by atoms with Crippen LogP contribution >= 0.6 is 0 Å². The van der Waals surface area contributed by atoms with E-state index in [1.807, 2.05) is 0 Å². The second-order valence-corrected chi connectivity index (χ2v) is 6.70. The highest BCUT2D eigenvalue weighted by atomic mass is 19.3. The monoisotopic (exact) mass is 356 g/mol. The van der Waals surface area contributed by atoms with Crippen LogP contribution in [0.4, 0.5) is 13.6 Å². The van der Waals surface area contributed by atoms with Crippen molar-refractivity contribution in [2.24, 2.45) is 5.41 Å². The Hall–Kier alpha value is -2.29. The van der Waals surface area contributed by atoms with Crippen LogP contribution in [0.1, 0.15) is 24.8 Å². The van der Waals surface area contributed by atoms with Gasteiger partial charge in [0, 0.05) is 24.2 Å². The van der Waals surface area contributed by atoms with Crippen molar-refractivity contribution in [2.45, 2.75) is 44.6 Å². The van der Waals surface area contributed by atoms with Crippen LogP contribution in [-0.2, 0) is 6.54 Å². The summed E-state index contributed by atoms with van der Waals surface area (Å²) >= 11 is 0. The van der Waals surface area contributed by atoms with E-state index in [9.17, 15) is 18.7 Å². The Kier molecular flexibility index (Phi) is 3.82. The molecule has 25 heavy (non-hydrogen) atoms. The Morgan fingerprint density at radius 3 is 2.72 bits per heavy atom. The largest absolute Gasteiger partial charge is 0.454 e. The Morgan fingerprint density at radius 1 is 1.32 bits per heavy atom. The number of amides is 2. The lowest BCUT2D eigenvalue weighted by atomic mass is 9.78. The number of benzene rings is 1. The maximum atomic E-state index is 12.6. The number of fused-ring (bicyclic) bond motifs is 1. The minimum atomic E-state index is -2.98. The number of alkyl halides is 2. The SMILES string of the molecule is O=C(NCc1cc2c(cc1OC(F)F)OCO2)NC1CC12CC(O)C2. The predicted molar refractivity (Wildman–Crippen MR) is 80.6 cm³/mol. The molecule has 1 aliphatic heterocycles. The van der Waals surface area contributed by atoms with E-state index in [0.717, 1.165) is 6.42 Å². The van der Waals surface area contributed by atoms with Crippen molar-refractivity contribution in [3.8, 4) is 17.2 Å². The van der Waals surface area contributed by atoms with Gasteiger partial charge in [-0.2, -0.15) is 8.78 Å². The highest BCUT2D eigenvalue weighted by Crippen LogP contribution is 2.60. The Morgan fingerprint density at radius 2 is 2.04 bits per heavy atom. The van der Waals surface area contributed by atoms with Gasteiger partial charge in [0.1, 0.15) is 5.75 Å². The third-order valence-corrected chi connectivity index (χ3v) is 4.99. The summed E-state index contributed by atoms with van der Waals surface area (Å²) in [7, 11) is 0. The number of ether oxygens (including phenoxy) is 3. The van der Waals surface area contributed by atoms with Gasteiger partial charge in [-0.25, -0.2) is 4.79 Å². The number of urea groups is 1. The fourth-order valence-electron chi connectivity index (χ4n) is 3.58. The number of carbonyl (C=O) groups excluding carboxylic acids is 1. The molecule has 1 aromatic carbocycles. The van der Waals surface area contributed by atoms with E-state index in [4.69, 9.17) is 9.47 Å². The van der Waals surface area contributed by atoms with E-state index >= 15 is 0 Å². The van der Waals surface area contributed by atoms with Crippen molar-refractivity contribution in [3.63, 3.8) is 0 Å². The summed E-state index contributed by atoms with van der Waals surface area (Å²) in [6.45, 7) is -2.96. The predicted octanol–water partition coefficient (Wildman–Crippen LogP) is 1.73. The lowest BCUT2D eigenvalue weighted by Crippen LogP contribution is -2.42. The van der Waals surface area contributed by atoms with Gasteiger partial charge in [-0.1, -0.05) is 0 Å². The molecule has 3 aliphatic rings. The first-order valence-corrected chi connectivity index (χ1v) is 8.05. The molecule has 3 N–H and O–H groups in total. The second kappa shape index (κ2) is 5.91. The van der Waals surface area contributed by atoms with Crippen molar-refractivity contribution in [1.82, 2.24) is 10.6 Å². The molecule has 1 heterocycles. The molecule has 1 aromatic rings. The van der Waals surface area contributed by atoms with Gasteiger partial charge in [-0.3, -0.25) is 0 Å². The van der Waals surface area contributed by atoms with Crippen LogP contribution in [0.5, 0.6) is 17.2 Å². The van der Waals surface area contributed by atoms with Crippen molar-refractivity contribution in [1.29, 1.82) is 0 Å². The molecule has 1 unspecified atom stereocenters. The van der Waals surface area contributed by atoms with Crippen molar-refractivity contribution in [3.05, 3.63) is 17.7 Å². The molecule has 136 valence electrons. The van der Waals surface area contributed by atoms with Gasteiger partial charge in [0.2, 0.25) is 6.79 Å². The van der Waals surface area contributed by atoms with Crippen molar-refractivity contribution in [2.75, 3.05) is 6.79 Å². The fraction of sp³-hybridized carbons (Fsp3) is 0.562. The summed E-state index contributed by atoms with van der Waals surface area (Å²) < 4.78 is 40.0. The molecule has 2 fully saturated rings. The van der Waals surface area contributed by atoms with Crippen LogP contribution in [0, 0.1) is 5.41 Å². The zero-order valence-corrected chi connectivity index (χ0v) is 13.3. The number of carbonyl (C=O) groups is 1. The maximum absolute atomic E-state index is 12.6. The average Bonchev–Trinajstić information content (AvgIpc) is 3.01. The smallest absolute Gasteiger partial charge is 0.387 e. The lowest BCUT2D eigenvalue weighted by Gasteiger charge is -2.32. The Labute approximate surface area is 142 Å². The highest BCUT2D eigenvalue weighted by molar-refractivity contribution is 5.75. The first-order chi connectivity index (χ1) is 11.9. The maximum Gasteiger partial charge on any atom is 0.387 e. The molecule has 0 radical (unpaired) electrons. The van der Waals surface area contributed by atoms with E-state index < -0.39 is 6.61 Å². The third-order valence-electron chi connectivity index (χ3n) is 4.99. The van der Waals surface area contributed by atoms with Crippen molar-refractivity contribution < 1.29 is 32.9 Å². The molecule has 1 spiro atoms. The summed E-state index contributed by atoms with van der Waals surface area (Å²) in [5, 5.41) is 14.9. The normalized spacial score (nSPS) is 28.6. The molecule has 2 amide bonds. The summed E-state index contributed by atoms with van der Waals surface area (Å²) in [6.07, 6.45) is 2.03. The topological polar surface area (TPSA) is 89.1 Å². The molecule has 1 atom stereocenters. The minimum absolute atomic E-state index is 0.00682. The lowest BCUT2D eigenvalue weighted by molar-refractivity contribution is -0.0505. The fourth-order valence-corrected chi connectivity index (χ4v) is 3.58. The zero-order chi connectivity index (χ0) is 17.6. The van der Waals surface area contributed by atoms with Gasteiger partial charge < -0.3 is 30.0 Å². The first-order valence-electron chi connectivity index (χ1n) is 8.05. The van der Waals surface area contributed by atoms with E-state index in [1.54, 1.807) is 0 Å².